The molecule has 0 aliphatic heterocycles. The van der Waals surface area contributed by atoms with Gasteiger partial charge in [-0.25, -0.2) is 4.57 Å². The third-order valence-electron chi connectivity index (χ3n) is 9.52. The fourth-order valence-electron chi connectivity index (χ4n) is 5.88. The summed E-state index contributed by atoms with van der Waals surface area (Å²) in [5, 5.41) is 0. The molecule has 0 aromatic heterocycles. The highest BCUT2D eigenvalue weighted by Gasteiger charge is 2.27. The predicted octanol–water partition coefficient (Wildman–Crippen LogP) is 13.2. The average Bonchev–Trinajstić information content (AvgIpc) is 3.17. The Balaban J connectivity index is 4.44. The number of carbonyl (C=O) groups is 2. The van der Waals surface area contributed by atoms with E-state index in [0.717, 1.165) is 51.4 Å². The van der Waals surface area contributed by atoms with Crippen LogP contribution in [0.5, 0.6) is 0 Å². The zero-order valence-electron chi connectivity index (χ0n) is 37.8. The van der Waals surface area contributed by atoms with Crippen LogP contribution in [0.3, 0.4) is 0 Å². The topological polar surface area (TPSA) is 108 Å². The molecule has 1 N–H and O–H groups in total. The van der Waals surface area contributed by atoms with Gasteiger partial charge in [-0.1, -0.05) is 152 Å². The van der Waals surface area contributed by atoms with Crippen LogP contribution < -0.4 is 0 Å². The maximum atomic E-state index is 12.7. The molecule has 336 valence electrons. The summed E-state index contributed by atoms with van der Waals surface area (Å²) in [4.78, 5) is 35.4. The van der Waals surface area contributed by atoms with E-state index in [1.807, 2.05) is 21.1 Å². The van der Waals surface area contributed by atoms with Crippen molar-refractivity contribution in [3.63, 3.8) is 0 Å². The lowest BCUT2D eigenvalue weighted by molar-refractivity contribution is -0.870. The Hall–Kier alpha value is -2.29. The van der Waals surface area contributed by atoms with Gasteiger partial charge in [0.05, 0.1) is 27.7 Å². The smallest absolute Gasteiger partial charge is 0.462 e. The minimum Gasteiger partial charge on any atom is -0.462 e. The molecule has 9 nitrogen and oxygen atoms in total. The normalized spacial score (nSPS) is 14.1. The summed E-state index contributed by atoms with van der Waals surface area (Å²) in [5.41, 5.74) is 0. The molecular formula is C48H87NO8P+. The summed E-state index contributed by atoms with van der Waals surface area (Å²) in [6.07, 6.45) is 48.4. The molecule has 0 fully saturated rings. The summed E-state index contributed by atoms with van der Waals surface area (Å²) in [6.45, 7) is 4.32. The number of esters is 2. The van der Waals surface area contributed by atoms with Gasteiger partial charge >= 0.3 is 19.8 Å². The van der Waals surface area contributed by atoms with Crippen molar-refractivity contribution in [2.45, 2.75) is 187 Å². The first-order valence-corrected chi connectivity index (χ1v) is 24.5. The number of ether oxygens (including phenoxy) is 2. The highest BCUT2D eigenvalue weighted by Crippen LogP contribution is 2.43. The predicted molar refractivity (Wildman–Crippen MR) is 243 cm³/mol. The van der Waals surface area contributed by atoms with Gasteiger partial charge in [-0.05, 0) is 77.0 Å². The van der Waals surface area contributed by atoms with E-state index in [-0.39, 0.29) is 26.1 Å². The van der Waals surface area contributed by atoms with E-state index in [1.54, 1.807) is 0 Å². The van der Waals surface area contributed by atoms with E-state index in [9.17, 15) is 19.0 Å². The van der Waals surface area contributed by atoms with Crippen molar-refractivity contribution in [3.8, 4) is 0 Å². The fourth-order valence-corrected chi connectivity index (χ4v) is 6.62. The van der Waals surface area contributed by atoms with Crippen LogP contribution in [0.2, 0.25) is 0 Å². The van der Waals surface area contributed by atoms with E-state index in [4.69, 9.17) is 18.5 Å². The molecule has 0 bridgehead atoms. The number of phosphoric ester groups is 1. The van der Waals surface area contributed by atoms with Crippen LogP contribution in [0.4, 0.5) is 0 Å². The van der Waals surface area contributed by atoms with Crippen molar-refractivity contribution in [2.75, 3.05) is 47.5 Å². The number of quaternary nitrogens is 1. The minimum absolute atomic E-state index is 0.0204. The van der Waals surface area contributed by atoms with Gasteiger partial charge in [-0.15, -0.1) is 0 Å². The van der Waals surface area contributed by atoms with Crippen LogP contribution in [0.1, 0.15) is 181 Å². The molecule has 1 unspecified atom stereocenters. The molecule has 0 spiro atoms. The second-order valence-electron chi connectivity index (χ2n) is 16.4. The van der Waals surface area contributed by atoms with Crippen LogP contribution in [0.25, 0.3) is 0 Å². The Labute approximate surface area is 356 Å². The Kier molecular flexibility index (Phi) is 38.5. The van der Waals surface area contributed by atoms with E-state index >= 15 is 0 Å². The highest BCUT2D eigenvalue weighted by atomic mass is 31.2. The van der Waals surface area contributed by atoms with Gasteiger partial charge in [0.25, 0.3) is 0 Å². The standard InChI is InChI=1S/C48H86NO8P/c1-6-8-10-12-14-16-18-20-22-24-26-28-30-32-34-36-38-40-47(50)54-44-46(45-56-58(52,53)55-43-42-49(3,4)5)57-48(51)41-39-37-35-33-31-29-27-25-23-21-19-17-15-13-11-9-7-2/h14,16,20-23,26,28,32,34,46H,6-13,15,17-19,24-25,27,29-31,33,35-45H2,1-5H3/p+1/b16-14+,22-20+,23-21+,28-26+,34-32+/t46-/m1/s1. The second kappa shape index (κ2) is 40.1. The van der Waals surface area contributed by atoms with Crippen molar-refractivity contribution in [1.29, 1.82) is 0 Å². The van der Waals surface area contributed by atoms with Crippen molar-refractivity contribution >= 4 is 19.8 Å². The molecule has 0 heterocycles. The summed E-state index contributed by atoms with van der Waals surface area (Å²) in [7, 11) is 1.44. The maximum Gasteiger partial charge on any atom is 0.472 e. The second-order valence-corrected chi connectivity index (χ2v) is 17.9. The molecule has 0 amide bonds. The zero-order valence-corrected chi connectivity index (χ0v) is 38.7. The molecule has 0 rings (SSSR count). The number of likely N-dealkylation sites (N-methyl/N-ethyl adjacent to an activating group) is 1. The number of rotatable bonds is 41. The van der Waals surface area contributed by atoms with Crippen molar-refractivity contribution < 1.29 is 42.1 Å². The number of allylic oxidation sites excluding steroid dienone is 10. The first-order chi connectivity index (χ1) is 28.0. The molecule has 0 aromatic carbocycles. The number of unbranched alkanes of at least 4 members (excludes halogenated alkanes) is 17. The molecule has 0 radical (unpaired) electrons. The van der Waals surface area contributed by atoms with Gasteiger partial charge < -0.3 is 18.9 Å². The van der Waals surface area contributed by atoms with Gasteiger partial charge in [-0.2, -0.15) is 0 Å². The largest absolute Gasteiger partial charge is 0.472 e. The molecule has 10 heteroatoms. The number of carbonyl (C=O) groups excluding carboxylic acids is 2. The number of nitrogens with zero attached hydrogens (tertiary/aromatic N) is 1. The average molecular weight is 837 g/mol. The molecule has 0 aromatic rings. The molecule has 2 atom stereocenters. The lowest BCUT2D eigenvalue weighted by atomic mass is 10.1. The summed E-state index contributed by atoms with van der Waals surface area (Å²) < 4.78 is 34.3. The SMILES string of the molecule is CCCCC/C=C/C/C=C/C/C=C/C/C=C/CCCC(=O)OC[C@H](COP(=O)(O)OCC[N+](C)(C)C)OC(=O)CCCCCCCCC/C=C/CCCCCCCC. The lowest BCUT2D eigenvalue weighted by Gasteiger charge is -2.24. The van der Waals surface area contributed by atoms with E-state index in [1.165, 1.54) is 89.9 Å². The number of hydrogen-bond donors (Lipinski definition) is 1. The van der Waals surface area contributed by atoms with E-state index in [2.05, 4.69) is 74.6 Å². The Morgan fingerprint density at radius 2 is 0.948 bits per heavy atom. The lowest BCUT2D eigenvalue weighted by Crippen LogP contribution is -2.37. The monoisotopic (exact) mass is 837 g/mol. The summed E-state index contributed by atoms with van der Waals surface area (Å²) >= 11 is 0. The van der Waals surface area contributed by atoms with Gasteiger partial charge in [0.15, 0.2) is 6.10 Å². The molecular weight excluding hydrogens is 750 g/mol. The summed E-state index contributed by atoms with van der Waals surface area (Å²) in [5.74, 6) is -0.871. The Morgan fingerprint density at radius 3 is 1.48 bits per heavy atom. The van der Waals surface area contributed by atoms with Gasteiger partial charge in [0, 0.05) is 12.8 Å². The maximum absolute atomic E-state index is 12.7. The molecule has 0 aliphatic carbocycles. The molecule has 0 aliphatic rings. The summed E-state index contributed by atoms with van der Waals surface area (Å²) in [6, 6.07) is 0. The number of hydrogen-bond acceptors (Lipinski definition) is 7. The Bertz CT molecular complexity index is 1170. The minimum atomic E-state index is -4.39. The van der Waals surface area contributed by atoms with Crippen molar-refractivity contribution in [1.82, 2.24) is 0 Å². The van der Waals surface area contributed by atoms with Gasteiger partial charge in [0.2, 0.25) is 0 Å². The number of phosphoric acid groups is 1. The van der Waals surface area contributed by atoms with E-state index < -0.39 is 32.5 Å². The van der Waals surface area contributed by atoms with E-state index in [0.29, 0.717) is 23.9 Å². The van der Waals surface area contributed by atoms with Gasteiger partial charge in [-0.3, -0.25) is 18.6 Å². The van der Waals surface area contributed by atoms with Crippen LogP contribution in [0, 0.1) is 0 Å². The van der Waals surface area contributed by atoms with Gasteiger partial charge in [0.1, 0.15) is 19.8 Å². The highest BCUT2D eigenvalue weighted by molar-refractivity contribution is 7.47. The molecule has 0 saturated heterocycles. The third kappa shape index (κ3) is 43.3. The Morgan fingerprint density at radius 1 is 0.534 bits per heavy atom. The molecule has 58 heavy (non-hydrogen) atoms. The first-order valence-electron chi connectivity index (χ1n) is 23.0. The van der Waals surface area contributed by atoms with Crippen molar-refractivity contribution in [3.05, 3.63) is 60.8 Å². The quantitative estimate of drug-likeness (QED) is 0.0213. The van der Waals surface area contributed by atoms with Crippen LogP contribution in [-0.2, 0) is 32.7 Å². The zero-order chi connectivity index (χ0) is 42.8. The fraction of sp³-hybridized carbons (Fsp3) is 0.750. The molecule has 0 saturated carbocycles. The van der Waals surface area contributed by atoms with Crippen molar-refractivity contribution in [2.24, 2.45) is 0 Å². The third-order valence-corrected chi connectivity index (χ3v) is 10.5. The first kappa shape index (κ1) is 55.7. The van der Waals surface area contributed by atoms with Crippen LogP contribution in [0.15, 0.2) is 60.8 Å². The van der Waals surface area contributed by atoms with Crippen LogP contribution in [-0.4, -0.2) is 74.9 Å². The van der Waals surface area contributed by atoms with Crippen LogP contribution >= 0.6 is 7.82 Å².